The summed E-state index contributed by atoms with van der Waals surface area (Å²) in [7, 11) is 0. The molecular formula is C17H26N2O5. The van der Waals surface area contributed by atoms with Crippen molar-refractivity contribution in [1.82, 2.24) is 10.1 Å². The van der Waals surface area contributed by atoms with E-state index in [0.717, 1.165) is 17.7 Å². The average molecular weight is 338 g/mol. The number of piperidine rings is 1. The Kier molecular flexibility index (Phi) is 5.51. The molecule has 1 aromatic heterocycles. The summed E-state index contributed by atoms with van der Waals surface area (Å²) in [5.74, 6) is 0.0225. The lowest BCUT2D eigenvalue weighted by molar-refractivity contribution is -0.151. The quantitative estimate of drug-likeness (QED) is 0.788. The minimum absolute atomic E-state index is 0.142. The number of carbonyl (C=O) groups excluding carboxylic acids is 2. The fourth-order valence-corrected chi connectivity index (χ4v) is 2.63. The van der Waals surface area contributed by atoms with Crippen LogP contribution in [-0.4, -0.2) is 40.8 Å². The average Bonchev–Trinajstić information content (AvgIpc) is 2.82. The summed E-state index contributed by atoms with van der Waals surface area (Å²) >= 11 is 0. The van der Waals surface area contributed by atoms with Gasteiger partial charge in [-0.15, -0.1) is 0 Å². The molecule has 2 rings (SSSR count). The van der Waals surface area contributed by atoms with Crippen molar-refractivity contribution in [3.8, 4) is 0 Å². The smallest absolute Gasteiger partial charge is 0.410 e. The summed E-state index contributed by atoms with van der Waals surface area (Å²) in [5.41, 5.74) is 0.968. The Morgan fingerprint density at radius 3 is 2.62 bits per heavy atom. The van der Waals surface area contributed by atoms with Crippen LogP contribution in [0.25, 0.3) is 0 Å². The fraction of sp³-hybridized carbons (Fsp3) is 0.706. The molecule has 0 saturated carbocycles. The summed E-state index contributed by atoms with van der Waals surface area (Å²) < 4.78 is 15.8. The summed E-state index contributed by atoms with van der Waals surface area (Å²) in [6.45, 7) is 10.1. The van der Waals surface area contributed by atoms with Crippen LogP contribution in [0, 0.1) is 19.8 Å². The zero-order chi connectivity index (χ0) is 17.9. The van der Waals surface area contributed by atoms with Crippen LogP contribution in [0.5, 0.6) is 0 Å². The normalized spacial score (nSPS) is 18.4. The second kappa shape index (κ2) is 7.23. The maximum absolute atomic E-state index is 12.3. The molecule has 1 saturated heterocycles. The Bertz CT molecular complexity index is 583. The highest BCUT2D eigenvalue weighted by molar-refractivity contribution is 5.75. The maximum Gasteiger partial charge on any atom is 0.410 e. The number of likely N-dealkylation sites (tertiary alicyclic amines) is 1. The largest absolute Gasteiger partial charge is 0.460 e. The van der Waals surface area contributed by atoms with Gasteiger partial charge in [0.15, 0.2) is 0 Å². The van der Waals surface area contributed by atoms with E-state index in [-0.39, 0.29) is 24.6 Å². The Morgan fingerprint density at radius 2 is 2.04 bits per heavy atom. The molecule has 0 radical (unpaired) electrons. The van der Waals surface area contributed by atoms with Crippen LogP contribution < -0.4 is 0 Å². The van der Waals surface area contributed by atoms with Crippen molar-refractivity contribution < 1.29 is 23.6 Å². The molecule has 7 heteroatoms. The minimum atomic E-state index is -0.548. The molecule has 7 nitrogen and oxygen atoms in total. The lowest BCUT2D eigenvalue weighted by atomic mass is 9.98. The Labute approximate surface area is 142 Å². The number of aromatic nitrogens is 1. The molecule has 0 bridgehead atoms. The first-order chi connectivity index (χ1) is 11.2. The van der Waals surface area contributed by atoms with Gasteiger partial charge < -0.3 is 18.9 Å². The fourth-order valence-electron chi connectivity index (χ4n) is 2.63. The van der Waals surface area contributed by atoms with Crippen molar-refractivity contribution in [3.63, 3.8) is 0 Å². The van der Waals surface area contributed by atoms with Gasteiger partial charge in [0.1, 0.15) is 18.0 Å². The Hall–Kier alpha value is -2.05. The molecule has 0 unspecified atom stereocenters. The van der Waals surface area contributed by atoms with Gasteiger partial charge in [-0.05, 0) is 47.5 Å². The molecule has 0 aromatic carbocycles. The van der Waals surface area contributed by atoms with Gasteiger partial charge in [0.2, 0.25) is 0 Å². The molecule has 1 aromatic rings. The predicted molar refractivity (Wildman–Crippen MR) is 86.3 cm³/mol. The number of hydrogen-bond donors (Lipinski definition) is 0. The molecule has 1 amide bonds. The number of rotatable bonds is 3. The SMILES string of the molecule is Cc1noc(C)c1COC(=O)[C@H]1CCCN(C(=O)OC(C)(C)C)C1. The summed E-state index contributed by atoms with van der Waals surface area (Å²) in [6.07, 6.45) is 1.08. The summed E-state index contributed by atoms with van der Waals surface area (Å²) in [4.78, 5) is 26.0. The van der Waals surface area contributed by atoms with E-state index < -0.39 is 5.60 Å². The van der Waals surface area contributed by atoms with Gasteiger partial charge >= 0.3 is 12.1 Å². The third-order valence-electron chi connectivity index (χ3n) is 3.95. The van der Waals surface area contributed by atoms with Crippen LogP contribution in [0.15, 0.2) is 4.52 Å². The van der Waals surface area contributed by atoms with Gasteiger partial charge in [-0.1, -0.05) is 5.16 Å². The van der Waals surface area contributed by atoms with Crippen molar-refractivity contribution in [2.24, 2.45) is 5.92 Å². The van der Waals surface area contributed by atoms with Crippen molar-refractivity contribution in [1.29, 1.82) is 0 Å². The van der Waals surface area contributed by atoms with E-state index in [2.05, 4.69) is 5.16 Å². The molecule has 0 spiro atoms. The molecule has 0 aliphatic carbocycles. The lowest BCUT2D eigenvalue weighted by Gasteiger charge is -2.33. The van der Waals surface area contributed by atoms with Crippen LogP contribution in [0.1, 0.15) is 50.6 Å². The third kappa shape index (κ3) is 4.72. The molecular weight excluding hydrogens is 312 g/mol. The van der Waals surface area contributed by atoms with Crippen LogP contribution in [-0.2, 0) is 20.9 Å². The first-order valence-corrected chi connectivity index (χ1v) is 8.23. The molecule has 1 aliphatic rings. The summed E-state index contributed by atoms with van der Waals surface area (Å²) in [5, 5.41) is 3.84. The van der Waals surface area contributed by atoms with Crippen molar-refractivity contribution in [2.45, 2.75) is 59.7 Å². The van der Waals surface area contributed by atoms with Crippen LogP contribution in [0.2, 0.25) is 0 Å². The van der Waals surface area contributed by atoms with Crippen LogP contribution in [0.4, 0.5) is 4.79 Å². The number of nitrogens with zero attached hydrogens (tertiary/aromatic N) is 2. The van der Waals surface area contributed by atoms with E-state index in [4.69, 9.17) is 14.0 Å². The highest BCUT2D eigenvalue weighted by Gasteiger charge is 2.32. The zero-order valence-electron chi connectivity index (χ0n) is 15.0. The first-order valence-electron chi connectivity index (χ1n) is 8.23. The number of ether oxygens (including phenoxy) is 2. The van der Waals surface area contributed by atoms with E-state index >= 15 is 0 Å². The molecule has 1 atom stereocenters. The van der Waals surface area contributed by atoms with E-state index in [1.807, 2.05) is 27.7 Å². The summed E-state index contributed by atoms with van der Waals surface area (Å²) in [6, 6.07) is 0. The van der Waals surface area contributed by atoms with Crippen molar-refractivity contribution in [2.75, 3.05) is 13.1 Å². The van der Waals surface area contributed by atoms with Crippen molar-refractivity contribution in [3.05, 3.63) is 17.0 Å². The number of esters is 1. The van der Waals surface area contributed by atoms with Crippen LogP contribution in [0.3, 0.4) is 0 Å². The van der Waals surface area contributed by atoms with Gasteiger partial charge in [-0.25, -0.2) is 4.79 Å². The first kappa shape index (κ1) is 18.3. The Morgan fingerprint density at radius 1 is 1.33 bits per heavy atom. The molecule has 1 fully saturated rings. The van der Waals surface area contributed by atoms with Gasteiger partial charge in [0, 0.05) is 13.1 Å². The van der Waals surface area contributed by atoms with Gasteiger partial charge in [0.05, 0.1) is 17.2 Å². The zero-order valence-corrected chi connectivity index (χ0v) is 15.0. The maximum atomic E-state index is 12.3. The van der Waals surface area contributed by atoms with E-state index in [1.165, 1.54) is 0 Å². The second-order valence-corrected chi connectivity index (χ2v) is 7.18. The molecule has 1 aliphatic heterocycles. The standard InChI is InChI=1S/C17H26N2O5/c1-11-14(12(2)24-18-11)10-22-15(20)13-7-6-8-19(9-13)16(21)23-17(3,4)5/h13H,6-10H2,1-5H3/t13-/m0/s1. The van der Waals surface area contributed by atoms with Crippen molar-refractivity contribution >= 4 is 12.1 Å². The molecule has 2 heterocycles. The Balaban J connectivity index is 1.89. The molecule has 0 N–H and O–H groups in total. The minimum Gasteiger partial charge on any atom is -0.460 e. The lowest BCUT2D eigenvalue weighted by Crippen LogP contribution is -2.45. The van der Waals surface area contributed by atoms with Crippen LogP contribution >= 0.6 is 0 Å². The van der Waals surface area contributed by atoms with E-state index in [1.54, 1.807) is 11.8 Å². The number of carbonyl (C=O) groups is 2. The highest BCUT2D eigenvalue weighted by Crippen LogP contribution is 2.21. The van der Waals surface area contributed by atoms with Gasteiger partial charge in [-0.2, -0.15) is 0 Å². The molecule has 24 heavy (non-hydrogen) atoms. The number of amides is 1. The topological polar surface area (TPSA) is 81.9 Å². The third-order valence-corrected chi connectivity index (χ3v) is 3.95. The molecule has 134 valence electrons. The van der Waals surface area contributed by atoms with E-state index in [9.17, 15) is 9.59 Å². The predicted octanol–water partition coefficient (Wildman–Crippen LogP) is 2.98. The monoisotopic (exact) mass is 338 g/mol. The number of aryl methyl sites for hydroxylation is 2. The number of hydrogen-bond acceptors (Lipinski definition) is 6. The second-order valence-electron chi connectivity index (χ2n) is 7.18. The van der Waals surface area contributed by atoms with Gasteiger partial charge in [-0.3, -0.25) is 4.79 Å². The van der Waals surface area contributed by atoms with E-state index in [0.29, 0.717) is 25.3 Å². The highest BCUT2D eigenvalue weighted by atomic mass is 16.6. The van der Waals surface area contributed by atoms with Gasteiger partial charge in [0.25, 0.3) is 0 Å².